The van der Waals surface area contributed by atoms with Gasteiger partial charge in [0.2, 0.25) is 5.95 Å². The lowest BCUT2D eigenvalue weighted by Gasteiger charge is -2.31. The molecule has 0 saturated carbocycles. The Kier molecular flexibility index (Phi) is 7.06. The molecule has 0 amide bonds. The zero-order valence-electron chi connectivity index (χ0n) is 19.0. The minimum atomic E-state index is -3.45. The molecule has 180 valence electrons. The van der Waals surface area contributed by atoms with Crippen LogP contribution in [0.25, 0.3) is 11.1 Å². The van der Waals surface area contributed by atoms with Crippen molar-refractivity contribution >= 4 is 15.8 Å². The van der Waals surface area contributed by atoms with Crippen LogP contribution in [0.2, 0.25) is 0 Å². The molecule has 0 unspecified atom stereocenters. The van der Waals surface area contributed by atoms with Gasteiger partial charge in [0.05, 0.1) is 6.61 Å². The Balaban J connectivity index is 1.36. The van der Waals surface area contributed by atoms with Crippen molar-refractivity contribution in [2.24, 2.45) is 5.92 Å². The van der Waals surface area contributed by atoms with Crippen molar-refractivity contribution in [2.45, 2.75) is 31.2 Å². The molecule has 1 saturated heterocycles. The van der Waals surface area contributed by atoms with Gasteiger partial charge in [0.1, 0.15) is 0 Å². The minimum absolute atomic E-state index is 0.104. The molecule has 0 bridgehead atoms. The van der Waals surface area contributed by atoms with E-state index in [0.717, 1.165) is 56.3 Å². The SMILES string of the molecule is CCc1cnc(N2CCC(COc3c(F)cc(-c4ccc(S(C)(=O)=O)nc4)cc3F)CC2)nc1. The summed E-state index contributed by atoms with van der Waals surface area (Å²) in [6.07, 6.45) is 8.49. The third kappa shape index (κ3) is 5.49. The quantitative estimate of drug-likeness (QED) is 0.495. The highest BCUT2D eigenvalue weighted by Gasteiger charge is 2.23. The number of anilines is 1. The van der Waals surface area contributed by atoms with E-state index in [0.29, 0.717) is 11.5 Å². The molecule has 0 aliphatic carbocycles. The summed E-state index contributed by atoms with van der Waals surface area (Å²) in [6.45, 7) is 3.76. The first-order valence-electron chi connectivity index (χ1n) is 11.1. The van der Waals surface area contributed by atoms with Gasteiger partial charge in [-0.05, 0) is 60.6 Å². The molecule has 2 aromatic heterocycles. The molecule has 0 atom stereocenters. The number of benzene rings is 1. The van der Waals surface area contributed by atoms with Gasteiger partial charge in [0, 0.05) is 43.5 Å². The molecule has 1 aliphatic rings. The molecule has 0 radical (unpaired) electrons. The molecule has 34 heavy (non-hydrogen) atoms. The highest BCUT2D eigenvalue weighted by Crippen LogP contribution is 2.30. The van der Waals surface area contributed by atoms with E-state index in [2.05, 4.69) is 26.8 Å². The fourth-order valence-corrected chi connectivity index (χ4v) is 4.39. The molecule has 1 aliphatic heterocycles. The van der Waals surface area contributed by atoms with Gasteiger partial charge in [0.25, 0.3) is 0 Å². The number of aryl methyl sites for hydroxylation is 1. The lowest BCUT2D eigenvalue weighted by molar-refractivity contribution is 0.207. The third-order valence-electron chi connectivity index (χ3n) is 5.91. The van der Waals surface area contributed by atoms with Crippen molar-refractivity contribution in [1.82, 2.24) is 15.0 Å². The van der Waals surface area contributed by atoms with E-state index in [1.807, 2.05) is 12.4 Å². The Bertz CT molecular complexity index is 1220. The smallest absolute Gasteiger partial charge is 0.225 e. The van der Waals surface area contributed by atoms with Crippen LogP contribution in [0.1, 0.15) is 25.3 Å². The number of nitrogens with zero attached hydrogens (tertiary/aromatic N) is 4. The molecule has 0 N–H and O–H groups in total. The first-order valence-corrected chi connectivity index (χ1v) is 13.0. The molecule has 10 heteroatoms. The van der Waals surface area contributed by atoms with Gasteiger partial charge >= 0.3 is 0 Å². The normalized spacial score (nSPS) is 14.9. The van der Waals surface area contributed by atoms with Crippen molar-refractivity contribution < 1.29 is 21.9 Å². The van der Waals surface area contributed by atoms with Crippen molar-refractivity contribution in [3.05, 3.63) is 60.1 Å². The average molecular weight is 489 g/mol. The minimum Gasteiger partial charge on any atom is -0.487 e. The fraction of sp³-hybridized carbons (Fsp3) is 0.375. The van der Waals surface area contributed by atoms with Crippen LogP contribution in [0.4, 0.5) is 14.7 Å². The Hall–Kier alpha value is -3.14. The van der Waals surface area contributed by atoms with Gasteiger partial charge in [-0.2, -0.15) is 0 Å². The van der Waals surface area contributed by atoms with Crippen LogP contribution in [0.15, 0.2) is 47.9 Å². The second-order valence-corrected chi connectivity index (χ2v) is 10.4. The summed E-state index contributed by atoms with van der Waals surface area (Å²) in [5.74, 6) is -1.18. The fourth-order valence-electron chi connectivity index (χ4n) is 3.83. The van der Waals surface area contributed by atoms with Crippen LogP contribution >= 0.6 is 0 Å². The van der Waals surface area contributed by atoms with Crippen molar-refractivity contribution in [1.29, 1.82) is 0 Å². The van der Waals surface area contributed by atoms with Crippen molar-refractivity contribution in [3.8, 4) is 16.9 Å². The summed E-state index contributed by atoms with van der Waals surface area (Å²) in [7, 11) is -3.45. The average Bonchev–Trinajstić information content (AvgIpc) is 2.83. The number of pyridine rings is 1. The maximum atomic E-state index is 14.7. The monoisotopic (exact) mass is 488 g/mol. The summed E-state index contributed by atoms with van der Waals surface area (Å²) in [4.78, 5) is 14.8. The van der Waals surface area contributed by atoms with E-state index in [1.165, 1.54) is 18.3 Å². The number of sulfone groups is 1. The number of aromatic nitrogens is 3. The highest BCUT2D eigenvalue weighted by atomic mass is 32.2. The van der Waals surface area contributed by atoms with E-state index >= 15 is 0 Å². The largest absolute Gasteiger partial charge is 0.487 e. The summed E-state index contributed by atoms with van der Waals surface area (Å²) in [5.41, 5.74) is 1.74. The van der Waals surface area contributed by atoms with Gasteiger partial charge in [-0.25, -0.2) is 32.2 Å². The number of rotatable bonds is 7. The first kappa shape index (κ1) is 24.0. The van der Waals surface area contributed by atoms with Crippen LogP contribution in [0.3, 0.4) is 0 Å². The van der Waals surface area contributed by atoms with Crippen LogP contribution in [0, 0.1) is 17.6 Å². The van der Waals surface area contributed by atoms with Gasteiger partial charge in [-0.15, -0.1) is 0 Å². The standard InChI is InChI=1S/C24H26F2N4O3S/c1-3-16-12-28-24(29-13-16)30-8-6-17(7-9-30)15-33-23-20(25)10-19(11-21(23)26)18-4-5-22(27-14-18)34(2,31)32/h4-5,10-14,17H,3,6-9,15H2,1-2H3. The summed E-state index contributed by atoms with van der Waals surface area (Å²) in [6, 6.07) is 5.09. The lowest BCUT2D eigenvalue weighted by Crippen LogP contribution is -2.36. The molecule has 4 rings (SSSR count). The Morgan fingerprint density at radius 3 is 2.18 bits per heavy atom. The predicted octanol–water partition coefficient (Wildman–Crippen LogP) is 4.08. The van der Waals surface area contributed by atoms with Gasteiger partial charge in [0.15, 0.2) is 32.2 Å². The molecule has 0 spiro atoms. The summed E-state index contributed by atoms with van der Waals surface area (Å²) >= 11 is 0. The second kappa shape index (κ2) is 10.0. The number of halogens is 2. The van der Waals surface area contributed by atoms with Crippen LogP contribution in [-0.4, -0.2) is 49.3 Å². The Morgan fingerprint density at radius 2 is 1.65 bits per heavy atom. The second-order valence-electron chi connectivity index (χ2n) is 8.41. The lowest BCUT2D eigenvalue weighted by atomic mass is 9.98. The van der Waals surface area contributed by atoms with E-state index in [1.54, 1.807) is 0 Å². The maximum absolute atomic E-state index is 14.7. The maximum Gasteiger partial charge on any atom is 0.225 e. The molecule has 3 heterocycles. The highest BCUT2D eigenvalue weighted by molar-refractivity contribution is 7.90. The Morgan fingerprint density at radius 1 is 1.00 bits per heavy atom. The van der Waals surface area contributed by atoms with Crippen LogP contribution < -0.4 is 9.64 Å². The molecule has 3 aromatic rings. The van der Waals surface area contributed by atoms with Gasteiger partial charge < -0.3 is 9.64 Å². The number of piperidine rings is 1. The zero-order valence-corrected chi connectivity index (χ0v) is 19.9. The van der Waals surface area contributed by atoms with Crippen molar-refractivity contribution in [3.63, 3.8) is 0 Å². The molecular weight excluding hydrogens is 462 g/mol. The van der Waals surface area contributed by atoms with E-state index in [-0.39, 0.29) is 23.1 Å². The number of hydrogen-bond acceptors (Lipinski definition) is 7. The molecule has 1 aromatic carbocycles. The van der Waals surface area contributed by atoms with Crippen LogP contribution in [0.5, 0.6) is 5.75 Å². The van der Waals surface area contributed by atoms with Crippen LogP contribution in [-0.2, 0) is 16.3 Å². The first-order chi connectivity index (χ1) is 16.2. The predicted molar refractivity (Wildman–Crippen MR) is 125 cm³/mol. The zero-order chi connectivity index (χ0) is 24.3. The van der Waals surface area contributed by atoms with Crippen molar-refractivity contribution in [2.75, 3.05) is 30.9 Å². The molecular formula is C24H26F2N4O3S. The molecule has 1 fully saturated rings. The van der Waals surface area contributed by atoms with Gasteiger partial charge in [-0.3, -0.25) is 0 Å². The van der Waals surface area contributed by atoms with Gasteiger partial charge in [-0.1, -0.05) is 6.92 Å². The van der Waals surface area contributed by atoms with E-state index < -0.39 is 27.2 Å². The molecule has 7 nitrogen and oxygen atoms in total. The Labute approximate surface area is 197 Å². The number of hydrogen-bond donors (Lipinski definition) is 0. The number of ether oxygens (including phenoxy) is 1. The van der Waals surface area contributed by atoms with E-state index in [4.69, 9.17) is 4.74 Å². The van der Waals surface area contributed by atoms with E-state index in [9.17, 15) is 17.2 Å². The summed E-state index contributed by atoms with van der Waals surface area (Å²) in [5, 5.41) is -0.104. The topological polar surface area (TPSA) is 85.3 Å². The third-order valence-corrected chi connectivity index (χ3v) is 6.91. The summed E-state index contributed by atoms with van der Waals surface area (Å²) < 4.78 is 57.9.